The third-order valence-corrected chi connectivity index (χ3v) is 4.11. The average Bonchev–Trinajstić information content (AvgIpc) is 3.41. The van der Waals surface area contributed by atoms with Crippen molar-refractivity contribution < 1.29 is 23.7 Å². The second-order valence-electron chi connectivity index (χ2n) is 5.67. The van der Waals surface area contributed by atoms with Gasteiger partial charge in [0.25, 0.3) is 0 Å². The van der Waals surface area contributed by atoms with Gasteiger partial charge in [-0.05, 0) is 24.6 Å². The molecule has 2 aromatic carbocycles. The Hall–Kier alpha value is -2.53. The molecule has 2 atom stereocenters. The molecule has 2 aromatic rings. The predicted molar refractivity (Wildman–Crippen MR) is 89.2 cm³/mol. The van der Waals surface area contributed by atoms with E-state index < -0.39 is 6.10 Å². The summed E-state index contributed by atoms with van der Waals surface area (Å²) in [5, 5.41) is 0. The molecule has 24 heavy (non-hydrogen) atoms. The number of carbonyl (C=O) groups excluding carboxylic acids is 1. The van der Waals surface area contributed by atoms with Gasteiger partial charge in [-0.3, -0.25) is 4.79 Å². The first-order valence-electron chi connectivity index (χ1n) is 7.65. The number of epoxide rings is 1. The van der Waals surface area contributed by atoms with Crippen LogP contribution in [0.5, 0.6) is 17.2 Å². The fourth-order valence-electron chi connectivity index (χ4n) is 2.71. The fraction of sp³-hybridized carbons (Fsp3) is 0.316. The van der Waals surface area contributed by atoms with Gasteiger partial charge in [0.05, 0.1) is 21.3 Å². The van der Waals surface area contributed by atoms with Crippen LogP contribution in [0.1, 0.15) is 27.6 Å². The van der Waals surface area contributed by atoms with Crippen LogP contribution in [0.4, 0.5) is 0 Å². The second kappa shape index (κ2) is 6.53. The molecule has 1 saturated heterocycles. The lowest BCUT2D eigenvalue weighted by Gasteiger charge is -2.13. The average molecular weight is 328 g/mol. The van der Waals surface area contributed by atoms with Gasteiger partial charge >= 0.3 is 0 Å². The highest BCUT2D eigenvalue weighted by Crippen LogP contribution is 2.43. The number of carbonyl (C=O) groups is 1. The van der Waals surface area contributed by atoms with Gasteiger partial charge in [-0.25, -0.2) is 0 Å². The molecule has 3 rings (SSSR count). The molecular formula is C19H20O5. The number of methoxy groups -OCH3 is 3. The number of hydrogen-bond donors (Lipinski definition) is 0. The number of benzene rings is 2. The largest absolute Gasteiger partial charge is 0.493 e. The summed E-state index contributed by atoms with van der Waals surface area (Å²) in [5.41, 5.74) is 2.66. The number of ketones is 1. The Balaban J connectivity index is 1.85. The van der Waals surface area contributed by atoms with Crippen molar-refractivity contribution in [2.75, 3.05) is 21.3 Å². The van der Waals surface area contributed by atoms with Crippen LogP contribution in [-0.2, 0) is 4.74 Å². The van der Waals surface area contributed by atoms with Crippen molar-refractivity contribution in [2.45, 2.75) is 19.1 Å². The Morgan fingerprint density at radius 1 is 0.958 bits per heavy atom. The molecule has 0 amide bonds. The van der Waals surface area contributed by atoms with Crippen molar-refractivity contribution in [3.63, 3.8) is 0 Å². The fourth-order valence-corrected chi connectivity index (χ4v) is 2.71. The van der Waals surface area contributed by atoms with Crippen LogP contribution >= 0.6 is 0 Å². The summed E-state index contributed by atoms with van der Waals surface area (Å²) in [6, 6.07) is 11.3. The van der Waals surface area contributed by atoms with Gasteiger partial charge in [0.1, 0.15) is 6.10 Å². The highest BCUT2D eigenvalue weighted by molar-refractivity contribution is 6.02. The number of rotatable bonds is 6. The zero-order chi connectivity index (χ0) is 17.3. The van der Waals surface area contributed by atoms with E-state index in [0.29, 0.717) is 22.8 Å². The summed E-state index contributed by atoms with van der Waals surface area (Å²) >= 11 is 0. The Bertz CT molecular complexity index is 726. The van der Waals surface area contributed by atoms with Crippen LogP contribution in [-0.4, -0.2) is 33.2 Å². The Kier molecular flexibility index (Phi) is 4.44. The third kappa shape index (κ3) is 2.95. The molecule has 0 spiro atoms. The molecule has 0 saturated carbocycles. The van der Waals surface area contributed by atoms with Crippen LogP contribution in [0.25, 0.3) is 0 Å². The minimum absolute atomic E-state index is 0.0974. The zero-order valence-electron chi connectivity index (χ0n) is 14.2. The Morgan fingerprint density at radius 2 is 1.54 bits per heavy atom. The summed E-state index contributed by atoms with van der Waals surface area (Å²) in [4.78, 5) is 12.7. The van der Waals surface area contributed by atoms with Crippen LogP contribution in [0, 0.1) is 6.92 Å². The van der Waals surface area contributed by atoms with E-state index in [0.717, 1.165) is 5.56 Å². The molecule has 1 aliphatic heterocycles. The van der Waals surface area contributed by atoms with Crippen LogP contribution < -0.4 is 14.2 Å². The van der Waals surface area contributed by atoms with Crippen molar-refractivity contribution in [2.24, 2.45) is 0 Å². The minimum Gasteiger partial charge on any atom is -0.493 e. The van der Waals surface area contributed by atoms with Crippen molar-refractivity contribution >= 4 is 5.78 Å². The van der Waals surface area contributed by atoms with E-state index in [1.807, 2.05) is 31.2 Å². The molecule has 0 N–H and O–H groups in total. The molecule has 126 valence electrons. The summed E-state index contributed by atoms with van der Waals surface area (Å²) in [7, 11) is 4.57. The van der Waals surface area contributed by atoms with Gasteiger partial charge < -0.3 is 18.9 Å². The third-order valence-electron chi connectivity index (χ3n) is 4.11. The maximum Gasteiger partial charge on any atom is 0.203 e. The number of ether oxygens (including phenoxy) is 4. The lowest BCUT2D eigenvalue weighted by molar-refractivity contribution is 0.0953. The summed E-state index contributed by atoms with van der Waals surface area (Å²) < 4.78 is 21.5. The maximum atomic E-state index is 12.7. The van der Waals surface area contributed by atoms with E-state index in [-0.39, 0.29) is 11.9 Å². The van der Waals surface area contributed by atoms with Crippen LogP contribution in [0.3, 0.4) is 0 Å². The van der Waals surface area contributed by atoms with Crippen molar-refractivity contribution in [3.05, 3.63) is 53.1 Å². The SMILES string of the molecule is COc1cc(C(=O)[C@H]2O[C@@H]2c2ccc(C)cc2)cc(OC)c1OC. The lowest BCUT2D eigenvalue weighted by atomic mass is 10.0. The van der Waals surface area contributed by atoms with E-state index in [1.165, 1.54) is 26.9 Å². The second-order valence-corrected chi connectivity index (χ2v) is 5.67. The molecule has 0 bridgehead atoms. The molecule has 1 aliphatic rings. The number of hydrogen-bond acceptors (Lipinski definition) is 5. The molecule has 1 heterocycles. The molecule has 5 nitrogen and oxygen atoms in total. The van der Waals surface area contributed by atoms with Crippen molar-refractivity contribution in [1.82, 2.24) is 0 Å². The predicted octanol–water partition coefficient (Wildman–Crippen LogP) is 3.34. The topological polar surface area (TPSA) is 57.3 Å². The quantitative estimate of drug-likeness (QED) is 0.601. The van der Waals surface area contributed by atoms with E-state index in [4.69, 9.17) is 18.9 Å². The molecule has 0 radical (unpaired) electrons. The first kappa shape index (κ1) is 16.3. The molecule has 0 unspecified atom stereocenters. The standard InChI is InChI=1S/C19H20O5/c1-11-5-7-12(8-6-11)17-19(24-17)16(20)13-9-14(21-2)18(23-4)15(10-13)22-3/h5-10,17,19H,1-4H3/t17-,19-/m1/s1. The first-order chi connectivity index (χ1) is 11.6. The lowest BCUT2D eigenvalue weighted by Crippen LogP contribution is -2.09. The molecule has 0 aromatic heterocycles. The Labute approximate surface area is 141 Å². The molecule has 5 heteroatoms. The summed E-state index contributed by atoms with van der Waals surface area (Å²) in [6.45, 7) is 2.02. The summed E-state index contributed by atoms with van der Waals surface area (Å²) in [5.74, 6) is 1.27. The van der Waals surface area contributed by atoms with E-state index in [1.54, 1.807) is 12.1 Å². The zero-order valence-corrected chi connectivity index (χ0v) is 14.2. The van der Waals surface area contributed by atoms with Gasteiger partial charge in [-0.1, -0.05) is 29.8 Å². The van der Waals surface area contributed by atoms with E-state index >= 15 is 0 Å². The normalized spacial score (nSPS) is 18.8. The smallest absolute Gasteiger partial charge is 0.203 e. The highest BCUT2D eigenvalue weighted by Gasteiger charge is 2.46. The number of Topliss-reactive ketones (excluding diaryl/α,β-unsaturated/α-hetero) is 1. The number of aryl methyl sites for hydroxylation is 1. The highest BCUT2D eigenvalue weighted by atomic mass is 16.6. The van der Waals surface area contributed by atoms with Gasteiger partial charge in [0.15, 0.2) is 23.4 Å². The van der Waals surface area contributed by atoms with Crippen molar-refractivity contribution in [3.8, 4) is 17.2 Å². The Morgan fingerprint density at radius 3 is 2.04 bits per heavy atom. The van der Waals surface area contributed by atoms with Gasteiger partial charge in [0.2, 0.25) is 5.75 Å². The van der Waals surface area contributed by atoms with Crippen LogP contribution in [0.15, 0.2) is 36.4 Å². The summed E-state index contributed by atoms with van der Waals surface area (Å²) in [6.07, 6.45) is -0.673. The van der Waals surface area contributed by atoms with E-state index in [9.17, 15) is 4.79 Å². The molecular weight excluding hydrogens is 308 g/mol. The molecule has 1 fully saturated rings. The maximum absolute atomic E-state index is 12.7. The van der Waals surface area contributed by atoms with Gasteiger partial charge in [0, 0.05) is 5.56 Å². The van der Waals surface area contributed by atoms with E-state index in [2.05, 4.69) is 0 Å². The first-order valence-corrected chi connectivity index (χ1v) is 7.65. The molecule has 0 aliphatic carbocycles. The van der Waals surface area contributed by atoms with Crippen LogP contribution in [0.2, 0.25) is 0 Å². The minimum atomic E-state index is -0.476. The van der Waals surface area contributed by atoms with Crippen molar-refractivity contribution in [1.29, 1.82) is 0 Å². The van der Waals surface area contributed by atoms with Gasteiger partial charge in [-0.15, -0.1) is 0 Å². The monoisotopic (exact) mass is 328 g/mol. The van der Waals surface area contributed by atoms with Gasteiger partial charge in [-0.2, -0.15) is 0 Å².